The molecule has 0 aliphatic carbocycles. The van der Waals surface area contributed by atoms with E-state index in [-0.39, 0.29) is 19.0 Å². The van der Waals surface area contributed by atoms with Crippen LogP contribution in [0.25, 0.3) is 0 Å². The number of urea groups is 1. The summed E-state index contributed by atoms with van der Waals surface area (Å²) in [5.74, 6) is -0.138. The minimum absolute atomic E-state index is 0.206. The number of thiophene rings is 1. The third kappa shape index (κ3) is 4.53. The van der Waals surface area contributed by atoms with Gasteiger partial charge < -0.3 is 10.1 Å². The molecule has 0 fully saturated rings. The fourth-order valence-corrected chi connectivity index (χ4v) is 5.30. The second-order valence-corrected chi connectivity index (χ2v) is 9.28. The largest absolute Gasteiger partial charge is 0.501 e. The maximum Gasteiger partial charge on any atom is 0.501 e. The number of carbonyl (C=O) groups excluding carboxylic acids is 3. The Balaban J connectivity index is 1.51. The van der Waals surface area contributed by atoms with Crippen molar-refractivity contribution in [3.8, 4) is 5.75 Å². The van der Waals surface area contributed by atoms with Crippen LogP contribution in [0.1, 0.15) is 4.88 Å². The van der Waals surface area contributed by atoms with Gasteiger partial charge in [0.2, 0.25) is 0 Å². The zero-order valence-corrected chi connectivity index (χ0v) is 18.9. The number of methoxy groups -OCH3 is 1. The van der Waals surface area contributed by atoms with Crippen LogP contribution in [0.4, 0.5) is 10.5 Å². The van der Waals surface area contributed by atoms with Gasteiger partial charge >= 0.3 is 11.9 Å². The van der Waals surface area contributed by atoms with Gasteiger partial charge in [-0.2, -0.15) is 14.3 Å². The molecule has 1 N–H and O–H groups in total. The van der Waals surface area contributed by atoms with Crippen LogP contribution in [0, 0.1) is 0 Å². The quantitative estimate of drug-likeness (QED) is 0.617. The Kier molecular flexibility index (Phi) is 6.45. The molecule has 0 saturated heterocycles. The molecule has 0 radical (unpaired) electrons. The monoisotopic (exact) mass is 476 g/mol. The minimum atomic E-state index is -0.510. The highest BCUT2D eigenvalue weighted by molar-refractivity contribution is 8.04. The van der Waals surface area contributed by atoms with Gasteiger partial charge in [-0.15, -0.1) is 23.1 Å². The first-order chi connectivity index (χ1) is 15.0. The van der Waals surface area contributed by atoms with Crippen LogP contribution in [0.3, 0.4) is 0 Å². The number of rotatable bonds is 7. The Morgan fingerprint density at radius 2 is 2.16 bits per heavy atom. The van der Waals surface area contributed by atoms with Crippen LogP contribution >= 0.6 is 34.7 Å². The fraction of sp³-hybridized carbons (Fsp3) is 0.238. The molecule has 1 atom stereocenters. The highest BCUT2D eigenvalue weighted by atomic mass is 35.5. The zero-order valence-electron chi connectivity index (χ0n) is 16.5. The number of thioether (sulfide) groups is 1. The van der Waals surface area contributed by atoms with Gasteiger partial charge in [-0.05, 0) is 41.1 Å². The number of halogens is 1. The zero-order chi connectivity index (χ0) is 22.0. The molecule has 1 aromatic heterocycles. The third-order valence-electron chi connectivity index (χ3n) is 4.89. The topological polar surface area (TPSA) is 78.7 Å². The number of fused-ring (bicyclic) bond motifs is 1. The number of imide groups is 1. The van der Waals surface area contributed by atoms with Crippen LogP contribution in [-0.2, 0) is 16.0 Å². The predicted molar refractivity (Wildman–Crippen MR) is 122 cm³/mol. The second kappa shape index (κ2) is 9.25. The number of nitrogens with one attached hydrogen (secondary N) is 1. The van der Waals surface area contributed by atoms with Crippen molar-refractivity contribution in [1.82, 2.24) is 4.90 Å². The summed E-state index contributed by atoms with van der Waals surface area (Å²) >= 11 is 9.03. The van der Waals surface area contributed by atoms with Crippen molar-refractivity contribution in [2.45, 2.75) is 11.7 Å². The molecule has 0 spiro atoms. The molecule has 2 aliphatic rings. The van der Waals surface area contributed by atoms with E-state index in [4.69, 9.17) is 16.3 Å². The molecule has 10 heteroatoms. The van der Waals surface area contributed by atoms with Crippen LogP contribution < -0.4 is 10.1 Å². The lowest BCUT2D eigenvalue weighted by Gasteiger charge is -2.24. The first-order valence-corrected chi connectivity index (χ1v) is 11.7. The van der Waals surface area contributed by atoms with E-state index in [9.17, 15) is 14.4 Å². The van der Waals surface area contributed by atoms with Crippen LogP contribution in [0.15, 0.2) is 47.2 Å². The van der Waals surface area contributed by atoms with E-state index in [1.807, 2.05) is 17.5 Å². The smallest absolute Gasteiger partial charge is 0.495 e. The molecule has 160 valence electrons. The molecule has 1 aromatic carbocycles. The molecule has 3 heterocycles. The summed E-state index contributed by atoms with van der Waals surface area (Å²) in [5, 5.41) is 6.34. The Morgan fingerprint density at radius 3 is 2.87 bits per heavy atom. The number of benzene rings is 1. The molecule has 4 amide bonds. The number of hydrogen-bond donors (Lipinski definition) is 1. The van der Waals surface area contributed by atoms with Crippen molar-refractivity contribution in [2.24, 2.45) is 0 Å². The summed E-state index contributed by atoms with van der Waals surface area (Å²) in [6, 6.07) is 8.31. The molecule has 2 aromatic rings. The highest BCUT2D eigenvalue weighted by Gasteiger charge is 2.49. The maximum atomic E-state index is 13.1. The third-order valence-corrected chi connectivity index (χ3v) is 7.13. The fourth-order valence-electron chi connectivity index (χ4n) is 3.38. The number of nitrogens with zero attached hydrogens (tertiary/aromatic N) is 2. The van der Waals surface area contributed by atoms with E-state index in [1.165, 1.54) is 28.3 Å². The number of hydrogen-bond acceptors (Lipinski definition) is 6. The van der Waals surface area contributed by atoms with Gasteiger partial charge in [0.25, 0.3) is 5.91 Å². The van der Waals surface area contributed by atoms with Gasteiger partial charge in [-0.3, -0.25) is 4.79 Å². The number of allylic oxidation sites excluding steroid dienone is 1. The van der Waals surface area contributed by atoms with Crippen LogP contribution in [0.2, 0.25) is 5.02 Å². The molecule has 7 nitrogen and oxygen atoms in total. The lowest BCUT2D eigenvalue weighted by atomic mass is 10.1. The lowest BCUT2D eigenvalue weighted by Crippen LogP contribution is -2.56. The van der Waals surface area contributed by atoms with Gasteiger partial charge in [0, 0.05) is 17.0 Å². The summed E-state index contributed by atoms with van der Waals surface area (Å²) < 4.78 is 6.48. The van der Waals surface area contributed by atoms with Crippen molar-refractivity contribution in [2.75, 3.05) is 25.5 Å². The van der Waals surface area contributed by atoms with E-state index in [0.29, 0.717) is 28.6 Å². The predicted octanol–water partition coefficient (Wildman–Crippen LogP) is 3.64. The Morgan fingerprint density at radius 1 is 1.32 bits per heavy atom. The second-order valence-electron chi connectivity index (χ2n) is 6.83. The van der Waals surface area contributed by atoms with E-state index in [0.717, 1.165) is 4.88 Å². The number of ether oxygens (including phenoxy) is 1. The van der Waals surface area contributed by atoms with Gasteiger partial charge in [-0.25, -0.2) is 4.79 Å². The average molecular weight is 477 g/mol. The van der Waals surface area contributed by atoms with Crippen molar-refractivity contribution in [3.05, 3.63) is 57.1 Å². The van der Waals surface area contributed by atoms with Gasteiger partial charge in [0.05, 0.1) is 12.1 Å². The van der Waals surface area contributed by atoms with Crippen molar-refractivity contribution >= 4 is 63.9 Å². The average Bonchev–Trinajstić information content (AvgIpc) is 3.43. The van der Waals surface area contributed by atoms with Crippen molar-refractivity contribution in [3.63, 3.8) is 0 Å². The summed E-state index contributed by atoms with van der Waals surface area (Å²) in [5.41, 5.74) is 1.03. The van der Waals surface area contributed by atoms with Gasteiger partial charge in [0.15, 0.2) is 11.8 Å². The summed E-state index contributed by atoms with van der Waals surface area (Å²) in [4.78, 5) is 41.0. The molecule has 31 heavy (non-hydrogen) atoms. The van der Waals surface area contributed by atoms with Gasteiger partial charge in [-0.1, -0.05) is 17.7 Å². The Hall–Kier alpha value is -2.62. The number of carbonyl (C=O) groups is 3. The molecule has 0 bridgehead atoms. The summed E-state index contributed by atoms with van der Waals surface area (Å²) in [7, 11) is 1.51. The minimum Gasteiger partial charge on any atom is -0.495 e. The summed E-state index contributed by atoms with van der Waals surface area (Å²) in [6.07, 6.45) is 2.30. The molecule has 0 saturated carbocycles. The first kappa shape index (κ1) is 21.6. The van der Waals surface area contributed by atoms with Crippen molar-refractivity contribution in [1.29, 1.82) is 0 Å². The van der Waals surface area contributed by atoms with E-state index < -0.39 is 17.2 Å². The molecule has 2 aliphatic heterocycles. The van der Waals surface area contributed by atoms with Gasteiger partial charge in [0.1, 0.15) is 18.0 Å². The SMILES string of the molecule is COc1ccc(NC(=O)C[N+]2=C3C=CSC3C(=O)N(CCc3cccs3)C2=O)cc1Cl. The summed E-state index contributed by atoms with van der Waals surface area (Å²) in [6.45, 7) is 0.0662. The van der Waals surface area contributed by atoms with Crippen LogP contribution in [0.5, 0.6) is 5.75 Å². The Labute approximate surface area is 192 Å². The maximum absolute atomic E-state index is 13.1. The standard InChI is InChI=1S/C21H18ClN3O4S2/c1-29-17-5-4-13(11-15(17)22)23-18(26)12-25-16-7-10-31-19(16)20(27)24(21(25)28)8-6-14-3-2-9-30-14/h2-5,7,9-11,19H,6,8,12H2,1H3/p+1. The highest BCUT2D eigenvalue weighted by Crippen LogP contribution is 2.29. The van der Waals surface area contributed by atoms with Crippen LogP contribution in [-0.4, -0.2) is 58.5 Å². The Bertz CT molecular complexity index is 1100. The number of anilines is 1. The van der Waals surface area contributed by atoms with E-state index >= 15 is 0 Å². The first-order valence-electron chi connectivity index (χ1n) is 9.45. The van der Waals surface area contributed by atoms with E-state index in [2.05, 4.69) is 5.32 Å². The number of amides is 4. The normalized spacial score (nSPS) is 17.9. The molecule has 4 rings (SSSR count). The molecular formula is C21H19ClN3O4S2+. The molecule has 1 unspecified atom stereocenters. The van der Waals surface area contributed by atoms with Crippen molar-refractivity contribution < 1.29 is 23.7 Å². The lowest BCUT2D eigenvalue weighted by molar-refractivity contribution is -0.425. The molecular weight excluding hydrogens is 458 g/mol. The van der Waals surface area contributed by atoms with E-state index in [1.54, 1.807) is 41.0 Å².